The molecular formula is C14H24N2O. The van der Waals surface area contributed by atoms with E-state index in [1.807, 2.05) is 7.05 Å². The fraction of sp³-hybridized carbons (Fsp3) is 0.714. The van der Waals surface area contributed by atoms with Gasteiger partial charge in [-0.1, -0.05) is 6.92 Å². The van der Waals surface area contributed by atoms with Gasteiger partial charge in [-0.2, -0.15) is 0 Å². The molecule has 2 atom stereocenters. The van der Waals surface area contributed by atoms with Crippen molar-refractivity contribution in [2.24, 2.45) is 5.92 Å². The molecule has 3 heteroatoms. The first-order chi connectivity index (χ1) is 8.20. The minimum Gasteiger partial charge on any atom is -0.468 e. The van der Waals surface area contributed by atoms with Gasteiger partial charge in [0, 0.05) is 18.2 Å². The third-order valence-electron chi connectivity index (χ3n) is 3.83. The van der Waals surface area contributed by atoms with Gasteiger partial charge in [0.15, 0.2) is 0 Å². The van der Waals surface area contributed by atoms with Crippen molar-refractivity contribution in [3.05, 3.63) is 23.7 Å². The van der Waals surface area contributed by atoms with Crippen LogP contribution in [0.4, 0.5) is 0 Å². The lowest BCUT2D eigenvalue weighted by Crippen LogP contribution is -2.39. The molecule has 96 valence electrons. The number of nitrogens with one attached hydrogen (secondary N) is 1. The molecule has 0 aromatic carbocycles. The van der Waals surface area contributed by atoms with Gasteiger partial charge in [-0.25, -0.2) is 0 Å². The maximum atomic E-state index is 5.61. The summed E-state index contributed by atoms with van der Waals surface area (Å²) in [7, 11) is 1.97. The molecule has 1 saturated heterocycles. The van der Waals surface area contributed by atoms with Crippen LogP contribution < -0.4 is 5.32 Å². The van der Waals surface area contributed by atoms with Gasteiger partial charge in [0.1, 0.15) is 5.76 Å². The minimum atomic E-state index is 0.672. The molecule has 2 rings (SSSR count). The van der Waals surface area contributed by atoms with Crippen molar-refractivity contribution in [1.29, 1.82) is 0 Å². The molecule has 17 heavy (non-hydrogen) atoms. The molecule has 0 amide bonds. The van der Waals surface area contributed by atoms with Gasteiger partial charge < -0.3 is 9.73 Å². The van der Waals surface area contributed by atoms with Crippen molar-refractivity contribution in [3.63, 3.8) is 0 Å². The quantitative estimate of drug-likeness (QED) is 0.871. The highest BCUT2D eigenvalue weighted by Crippen LogP contribution is 2.24. The Morgan fingerprint density at radius 2 is 2.29 bits per heavy atom. The lowest BCUT2D eigenvalue weighted by atomic mass is 9.93. The smallest absolute Gasteiger partial charge is 0.122 e. The molecule has 0 bridgehead atoms. The van der Waals surface area contributed by atoms with Crippen LogP contribution in [-0.2, 0) is 13.1 Å². The average molecular weight is 236 g/mol. The van der Waals surface area contributed by atoms with Crippen LogP contribution >= 0.6 is 0 Å². The van der Waals surface area contributed by atoms with Crippen molar-refractivity contribution < 1.29 is 4.42 Å². The number of likely N-dealkylation sites (tertiary alicyclic amines) is 1. The third kappa shape index (κ3) is 3.11. The second-order valence-electron chi connectivity index (χ2n) is 5.35. The Hall–Kier alpha value is -0.800. The van der Waals surface area contributed by atoms with Crippen molar-refractivity contribution in [1.82, 2.24) is 10.2 Å². The Bertz CT molecular complexity index is 348. The topological polar surface area (TPSA) is 28.4 Å². The Labute approximate surface area is 104 Å². The Balaban J connectivity index is 1.97. The predicted molar refractivity (Wildman–Crippen MR) is 69.7 cm³/mol. The fourth-order valence-electron chi connectivity index (χ4n) is 2.73. The van der Waals surface area contributed by atoms with Gasteiger partial charge in [0.2, 0.25) is 0 Å². The van der Waals surface area contributed by atoms with Crippen LogP contribution in [0.25, 0.3) is 0 Å². The number of furan rings is 1. The summed E-state index contributed by atoms with van der Waals surface area (Å²) in [6, 6.07) is 2.74. The van der Waals surface area contributed by atoms with Gasteiger partial charge in [-0.15, -0.1) is 0 Å². The van der Waals surface area contributed by atoms with E-state index in [1.165, 1.54) is 24.9 Å². The van der Waals surface area contributed by atoms with E-state index < -0.39 is 0 Å². The first kappa shape index (κ1) is 12.7. The largest absolute Gasteiger partial charge is 0.468 e. The third-order valence-corrected chi connectivity index (χ3v) is 3.83. The minimum absolute atomic E-state index is 0.672. The first-order valence-electron chi connectivity index (χ1n) is 6.64. The second-order valence-corrected chi connectivity index (χ2v) is 5.35. The van der Waals surface area contributed by atoms with Crippen molar-refractivity contribution in [3.8, 4) is 0 Å². The summed E-state index contributed by atoms with van der Waals surface area (Å²) in [6.45, 7) is 7.73. The summed E-state index contributed by atoms with van der Waals surface area (Å²) in [4.78, 5) is 2.54. The molecule has 3 nitrogen and oxygen atoms in total. The molecule has 1 aliphatic rings. The number of hydrogen-bond acceptors (Lipinski definition) is 3. The Kier molecular flexibility index (Phi) is 4.24. The molecule has 1 aromatic rings. The number of rotatable bonds is 4. The molecule has 1 aliphatic heterocycles. The van der Waals surface area contributed by atoms with Crippen LogP contribution in [0.5, 0.6) is 0 Å². The van der Waals surface area contributed by atoms with E-state index in [2.05, 4.69) is 30.1 Å². The zero-order valence-electron chi connectivity index (χ0n) is 11.2. The highest BCUT2D eigenvalue weighted by Gasteiger charge is 2.24. The van der Waals surface area contributed by atoms with E-state index in [0.29, 0.717) is 6.04 Å². The molecule has 1 aromatic heterocycles. The lowest BCUT2D eigenvalue weighted by Gasteiger charge is -2.36. The van der Waals surface area contributed by atoms with Crippen molar-refractivity contribution >= 4 is 0 Å². The van der Waals surface area contributed by atoms with Crippen molar-refractivity contribution in [2.45, 2.75) is 45.8 Å². The standard InChI is InChI=1S/C14H24N2O/c1-11-4-6-16(12(2)8-11)10-14-13(9-15-3)5-7-17-14/h5,7,11-12,15H,4,6,8-10H2,1-3H3. The van der Waals surface area contributed by atoms with Crippen LogP contribution in [0.3, 0.4) is 0 Å². The predicted octanol–water partition coefficient (Wildman–Crippen LogP) is 2.62. The van der Waals surface area contributed by atoms with E-state index >= 15 is 0 Å². The van der Waals surface area contributed by atoms with Gasteiger partial charge in [0.25, 0.3) is 0 Å². The SMILES string of the molecule is CNCc1ccoc1CN1CCC(C)CC1C. The summed E-state index contributed by atoms with van der Waals surface area (Å²) < 4.78 is 5.61. The van der Waals surface area contributed by atoms with E-state index in [-0.39, 0.29) is 0 Å². The molecular weight excluding hydrogens is 212 g/mol. The van der Waals surface area contributed by atoms with E-state index in [0.717, 1.165) is 24.8 Å². The van der Waals surface area contributed by atoms with E-state index in [4.69, 9.17) is 4.42 Å². The second kappa shape index (κ2) is 5.69. The van der Waals surface area contributed by atoms with Gasteiger partial charge >= 0.3 is 0 Å². The van der Waals surface area contributed by atoms with Gasteiger partial charge in [-0.05, 0) is 45.3 Å². The number of nitrogens with zero attached hydrogens (tertiary/aromatic N) is 1. The zero-order chi connectivity index (χ0) is 12.3. The number of hydrogen-bond donors (Lipinski definition) is 1. The molecule has 1 N–H and O–H groups in total. The van der Waals surface area contributed by atoms with Crippen molar-refractivity contribution in [2.75, 3.05) is 13.6 Å². The molecule has 2 heterocycles. The monoisotopic (exact) mass is 236 g/mol. The Morgan fingerprint density at radius 3 is 3.00 bits per heavy atom. The van der Waals surface area contributed by atoms with Crippen LogP contribution in [0.1, 0.15) is 38.0 Å². The highest BCUT2D eigenvalue weighted by molar-refractivity contribution is 5.16. The summed E-state index contributed by atoms with van der Waals surface area (Å²) in [5.74, 6) is 2.00. The lowest BCUT2D eigenvalue weighted by molar-refractivity contribution is 0.113. The zero-order valence-corrected chi connectivity index (χ0v) is 11.2. The molecule has 1 fully saturated rings. The van der Waals surface area contributed by atoms with Crippen LogP contribution in [-0.4, -0.2) is 24.5 Å². The molecule has 2 unspecified atom stereocenters. The number of piperidine rings is 1. The maximum absolute atomic E-state index is 5.61. The summed E-state index contributed by atoms with van der Waals surface area (Å²) in [5.41, 5.74) is 1.29. The molecule has 0 aliphatic carbocycles. The summed E-state index contributed by atoms with van der Waals surface area (Å²) >= 11 is 0. The maximum Gasteiger partial charge on any atom is 0.122 e. The first-order valence-corrected chi connectivity index (χ1v) is 6.64. The highest BCUT2D eigenvalue weighted by atomic mass is 16.3. The van der Waals surface area contributed by atoms with Crippen LogP contribution in [0.2, 0.25) is 0 Å². The van der Waals surface area contributed by atoms with E-state index in [1.54, 1.807) is 6.26 Å². The van der Waals surface area contributed by atoms with Gasteiger partial charge in [0.05, 0.1) is 12.8 Å². The molecule has 0 radical (unpaired) electrons. The van der Waals surface area contributed by atoms with Crippen LogP contribution in [0, 0.1) is 5.92 Å². The normalized spacial score (nSPS) is 26.3. The summed E-state index contributed by atoms with van der Waals surface area (Å²) in [5, 5.41) is 3.19. The summed E-state index contributed by atoms with van der Waals surface area (Å²) in [6.07, 6.45) is 4.42. The van der Waals surface area contributed by atoms with Crippen LogP contribution in [0.15, 0.2) is 16.7 Å². The molecule has 0 saturated carbocycles. The van der Waals surface area contributed by atoms with Gasteiger partial charge in [-0.3, -0.25) is 4.90 Å². The Morgan fingerprint density at radius 1 is 1.47 bits per heavy atom. The fourth-order valence-corrected chi connectivity index (χ4v) is 2.73. The van der Waals surface area contributed by atoms with E-state index in [9.17, 15) is 0 Å². The molecule has 0 spiro atoms. The average Bonchev–Trinajstić information content (AvgIpc) is 2.71.